The first kappa shape index (κ1) is 26.1. The van der Waals surface area contributed by atoms with Crippen LogP contribution < -0.4 is 27.4 Å². The molecule has 4 amide bonds. The molecule has 0 aromatic heterocycles. The number of aliphatic carboxylic acids is 2. The van der Waals surface area contributed by atoms with E-state index >= 15 is 0 Å². The first-order valence-electron chi connectivity index (χ1n) is 8.44. The van der Waals surface area contributed by atoms with Crippen LogP contribution in [0.3, 0.4) is 0 Å². The monoisotopic (exact) mass is 435 g/mol. The Morgan fingerprint density at radius 3 is 1.97 bits per heavy atom. The summed E-state index contributed by atoms with van der Waals surface area (Å²) in [4.78, 5) is 68.4. The molecular weight excluding hydrogens is 410 g/mol. The molecule has 0 bridgehead atoms. The maximum absolute atomic E-state index is 12.2. The van der Waals surface area contributed by atoms with Gasteiger partial charge in [0, 0.05) is 18.6 Å². The standard InChI is InChI=1S/C15H25N5O8S/c16-7(6-29)13(25)20-8(1-3-10(17)21)14(26)18-5-11(22)19-9(15(27)28)2-4-12(23)24/h7-9,29H,1-6,16H2,(H2,17,21)(H,18,26)(H,19,22)(H,20,25)(H,23,24)(H,27,28). The highest BCUT2D eigenvalue weighted by atomic mass is 32.1. The SMILES string of the molecule is NC(=O)CCC(NC(=O)C(N)CS)C(=O)NCC(=O)NC(CCC(=O)O)C(=O)O. The second kappa shape index (κ2) is 13.3. The number of amides is 4. The second-order valence-corrected chi connectivity index (χ2v) is 6.33. The van der Waals surface area contributed by atoms with Gasteiger partial charge >= 0.3 is 11.9 Å². The van der Waals surface area contributed by atoms with Crippen molar-refractivity contribution in [3.8, 4) is 0 Å². The lowest BCUT2D eigenvalue weighted by Gasteiger charge is -2.20. The Hall–Kier alpha value is -2.87. The number of rotatable bonds is 14. The van der Waals surface area contributed by atoms with E-state index in [0.717, 1.165) is 0 Å². The Labute approximate surface area is 171 Å². The summed E-state index contributed by atoms with van der Waals surface area (Å²) in [5, 5.41) is 24.2. The van der Waals surface area contributed by atoms with Crippen LogP contribution in [0.5, 0.6) is 0 Å². The van der Waals surface area contributed by atoms with E-state index in [0.29, 0.717) is 0 Å². The molecule has 0 fully saturated rings. The molecule has 3 atom stereocenters. The smallest absolute Gasteiger partial charge is 0.326 e. The fourth-order valence-corrected chi connectivity index (χ4v) is 2.14. The molecule has 0 aromatic rings. The van der Waals surface area contributed by atoms with E-state index in [9.17, 15) is 28.8 Å². The third kappa shape index (κ3) is 11.5. The summed E-state index contributed by atoms with van der Waals surface area (Å²) in [7, 11) is 0. The molecule has 0 aromatic carbocycles. The van der Waals surface area contributed by atoms with Crippen molar-refractivity contribution >= 4 is 48.2 Å². The summed E-state index contributed by atoms with van der Waals surface area (Å²) in [6.45, 7) is -0.642. The van der Waals surface area contributed by atoms with Crippen molar-refractivity contribution in [2.45, 2.75) is 43.8 Å². The summed E-state index contributed by atoms with van der Waals surface area (Å²) in [6, 6.07) is -3.67. The molecule has 0 spiro atoms. The quantitative estimate of drug-likeness (QED) is 0.127. The summed E-state index contributed by atoms with van der Waals surface area (Å²) >= 11 is 3.86. The number of thiol groups is 1. The van der Waals surface area contributed by atoms with E-state index in [-0.39, 0.29) is 25.0 Å². The molecule has 0 radical (unpaired) electrons. The zero-order chi connectivity index (χ0) is 22.6. The van der Waals surface area contributed by atoms with Gasteiger partial charge in [-0.1, -0.05) is 0 Å². The molecule has 0 heterocycles. The Kier molecular flexibility index (Phi) is 12.0. The highest BCUT2D eigenvalue weighted by Gasteiger charge is 2.25. The molecule has 14 heteroatoms. The van der Waals surface area contributed by atoms with Gasteiger partial charge in [0.15, 0.2) is 0 Å². The van der Waals surface area contributed by atoms with Crippen LogP contribution >= 0.6 is 12.6 Å². The van der Waals surface area contributed by atoms with E-state index in [4.69, 9.17) is 21.7 Å². The lowest BCUT2D eigenvalue weighted by atomic mass is 10.1. The number of carbonyl (C=O) groups excluding carboxylic acids is 4. The Morgan fingerprint density at radius 1 is 0.897 bits per heavy atom. The molecule has 0 rings (SSSR count). The Bertz CT molecular complexity index is 644. The van der Waals surface area contributed by atoms with Gasteiger partial charge in [0.1, 0.15) is 12.1 Å². The lowest BCUT2D eigenvalue weighted by molar-refractivity contribution is -0.143. The normalized spacial score (nSPS) is 13.4. The van der Waals surface area contributed by atoms with Crippen molar-refractivity contribution in [1.29, 1.82) is 0 Å². The molecule has 3 unspecified atom stereocenters. The summed E-state index contributed by atoms with van der Waals surface area (Å²) < 4.78 is 0. The second-order valence-electron chi connectivity index (χ2n) is 5.96. The van der Waals surface area contributed by atoms with Crippen LogP contribution in [-0.4, -0.2) is 76.2 Å². The molecule has 0 aliphatic carbocycles. The molecule has 0 aliphatic rings. The molecule has 13 nitrogen and oxygen atoms in total. The number of primary amides is 1. The average Bonchev–Trinajstić information content (AvgIpc) is 2.64. The van der Waals surface area contributed by atoms with Gasteiger partial charge in [-0.3, -0.25) is 24.0 Å². The molecule has 0 saturated carbocycles. The first-order chi connectivity index (χ1) is 13.5. The zero-order valence-corrected chi connectivity index (χ0v) is 16.3. The predicted molar refractivity (Wildman–Crippen MR) is 102 cm³/mol. The molecule has 0 saturated heterocycles. The maximum atomic E-state index is 12.2. The molecule has 29 heavy (non-hydrogen) atoms. The number of hydrogen-bond acceptors (Lipinski definition) is 8. The van der Waals surface area contributed by atoms with Crippen LogP contribution in [0.25, 0.3) is 0 Å². The number of nitrogens with two attached hydrogens (primary N) is 2. The fourth-order valence-electron chi connectivity index (χ4n) is 1.98. The van der Waals surface area contributed by atoms with Gasteiger partial charge in [-0.05, 0) is 12.8 Å². The van der Waals surface area contributed by atoms with Crippen LogP contribution in [0.2, 0.25) is 0 Å². The van der Waals surface area contributed by atoms with Crippen LogP contribution in [0.1, 0.15) is 25.7 Å². The van der Waals surface area contributed by atoms with Gasteiger partial charge in [0.25, 0.3) is 0 Å². The average molecular weight is 435 g/mol. The Morgan fingerprint density at radius 2 is 1.48 bits per heavy atom. The van der Waals surface area contributed by atoms with Crippen LogP contribution in [0.15, 0.2) is 0 Å². The van der Waals surface area contributed by atoms with E-state index in [1.54, 1.807) is 0 Å². The van der Waals surface area contributed by atoms with E-state index in [1.807, 2.05) is 0 Å². The molecule has 0 aliphatic heterocycles. The minimum Gasteiger partial charge on any atom is -0.481 e. The highest BCUT2D eigenvalue weighted by molar-refractivity contribution is 7.80. The molecular formula is C15H25N5O8S. The summed E-state index contributed by atoms with van der Waals surface area (Å²) in [5.74, 6) is -5.78. The number of carboxylic acid groups (broad SMARTS) is 2. The van der Waals surface area contributed by atoms with Crippen molar-refractivity contribution < 1.29 is 39.0 Å². The largest absolute Gasteiger partial charge is 0.481 e. The molecule has 9 N–H and O–H groups in total. The zero-order valence-electron chi connectivity index (χ0n) is 15.4. The van der Waals surface area contributed by atoms with Crippen molar-refractivity contribution in [2.75, 3.05) is 12.3 Å². The Balaban J connectivity index is 4.82. The summed E-state index contributed by atoms with van der Waals surface area (Å²) in [6.07, 6.45) is -1.19. The van der Waals surface area contributed by atoms with Crippen LogP contribution in [-0.2, 0) is 28.8 Å². The van der Waals surface area contributed by atoms with Gasteiger partial charge in [-0.25, -0.2) is 4.79 Å². The summed E-state index contributed by atoms with van der Waals surface area (Å²) in [5.41, 5.74) is 10.5. The van der Waals surface area contributed by atoms with Crippen molar-refractivity contribution in [2.24, 2.45) is 11.5 Å². The van der Waals surface area contributed by atoms with E-state index in [2.05, 4.69) is 28.6 Å². The van der Waals surface area contributed by atoms with Crippen molar-refractivity contribution in [1.82, 2.24) is 16.0 Å². The number of carboxylic acids is 2. The van der Waals surface area contributed by atoms with Crippen molar-refractivity contribution in [3.63, 3.8) is 0 Å². The molecule has 164 valence electrons. The van der Waals surface area contributed by atoms with Crippen molar-refractivity contribution in [3.05, 3.63) is 0 Å². The van der Waals surface area contributed by atoms with Gasteiger partial charge in [-0.2, -0.15) is 12.6 Å². The first-order valence-corrected chi connectivity index (χ1v) is 9.07. The van der Waals surface area contributed by atoms with Gasteiger partial charge in [0.05, 0.1) is 12.6 Å². The van der Waals surface area contributed by atoms with Gasteiger partial charge < -0.3 is 37.6 Å². The third-order valence-corrected chi connectivity index (χ3v) is 3.94. The topological polar surface area (TPSA) is 231 Å². The number of nitrogens with one attached hydrogen (secondary N) is 3. The maximum Gasteiger partial charge on any atom is 0.326 e. The minimum atomic E-state index is -1.45. The van der Waals surface area contributed by atoms with E-state index < -0.39 is 66.7 Å². The van der Waals surface area contributed by atoms with Gasteiger partial charge in [0.2, 0.25) is 23.6 Å². The number of hydrogen-bond donors (Lipinski definition) is 8. The minimum absolute atomic E-state index is 0.00528. The highest BCUT2D eigenvalue weighted by Crippen LogP contribution is 2.00. The number of carbonyl (C=O) groups is 6. The predicted octanol–water partition coefficient (Wildman–Crippen LogP) is -3.46. The third-order valence-electron chi connectivity index (χ3n) is 3.55. The van der Waals surface area contributed by atoms with E-state index in [1.165, 1.54) is 0 Å². The van der Waals surface area contributed by atoms with Crippen LogP contribution in [0.4, 0.5) is 0 Å². The van der Waals surface area contributed by atoms with Gasteiger partial charge in [-0.15, -0.1) is 0 Å². The fraction of sp³-hybridized carbons (Fsp3) is 0.600. The van der Waals surface area contributed by atoms with Crippen LogP contribution in [0, 0.1) is 0 Å². The lowest BCUT2D eigenvalue weighted by Crippen LogP contribution is -2.54.